The van der Waals surface area contributed by atoms with E-state index in [1.54, 1.807) is 10.6 Å². The minimum Gasteiger partial charge on any atom is -0.490 e. The second-order valence-electron chi connectivity index (χ2n) is 9.56. The predicted molar refractivity (Wildman–Crippen MR) is 149 cm³/mol. The van der Waals surface area contributed by atoms with Gasteiger partial charge in [0.2, 0.25) is 0 Å². The molecule has 0 spiro atoms. The molecule has 3 aromatic carbocycles. The largest absolute Gasteiger partial charge is 0.490 e. The van der Waals surface area contributed by atoms with Gasteiger partial charge in [-0.05, 0) is 47.9 Å². The summed E-state index contributed by atoms with van der Waals surface area (Å²) in [5.41, 5.74) is 10.2. The van der Waals surface area contributed by atoms with Gasteiger partial charge in [-0.25, -0.2) is 0 Å². The molecule has 0 atom stereocenters. The average molecular weight is 494 g/mol. The zero-order chi connectivity index (χ0) is 25.9. The van der Waals surface area contributed by atoms with Gasteiger partial charge in [-0.15, -0.1) is 0 Å². The number of likely N-dealkylation sites (tertiary alicyclic amines) is 1. The molecule has 0 unspecified atom stereocenters. The van der Waals surface area contributed by atoms with Crippen molar-refractivity contribution in [1.29, 1.82) is 10.8 Å². The summed E-state index contributed by atoms with van der Waals surface area (Å²) in [6, 6.07) is 25.2. The van der Waals surface area contributed by atoms with Crippen LogP contribution in [0.3, 0.4) is 0 Å². The van der Waals surface area contributed by atoms with Crippen molar-refractivity contribution < 1.29 is 4.74 Å². The number of nitrogens with zero attached hydrogens (tertiary/aromatic N) is 2. The summed E-state index contributed by atoms with van der Waals surface area (Å²) in [5, 5.41) is 16.3. The lowest BCUT2D eigenvalue weighted by Crippen LogP contribution is -2.40. The Morgan fingerprint density at radius 2 is 1.57 bits per heavy atom. The van der Waals surface area contributed by atoms with Crippen molar-refractivity contribution in [2.45, 2.75) is 32.4 Å². The number of hydrogen-bond donors (Lipinski definition) is 3. The zero-order valence-corrected chi connectivity index (χ0v) is 20.9. The summed E-state index contributed by atoms with van der Waals surface area (Å²) in [6.07, 6.45) is 1.92. The fraction of sp³-hybridized carbons (Fsp3) is 0.233. The number of hydrogen-bond acceptors (Lipinski definition) is 4. The number of aromatic nitrogens is 1. The molecule has 1 saturated heterocycles. The molecule has 0 bridgehead atoms. The van der Waals surface area contributed by atoms with Crippen molar-refractivity contribution in [3.63, 3.8) is 0 Å². The Morgan fingerprint density at radius 3 is 2.19 bits per heavy atom. The first-order valence-electron chi connectivity index (χ1n) is 12.5. The molecule has 0 radical (unpaired) electrons. The van der Waals surface area contributed by atoms with Crippen molar-refractivity contribution >= 4 is 22.6 Å². The molecular weight excluding hydrogens is 462 g/mol. The van der Waals surface area contributed by atoms with E-state index in [0.717, 1.165) is 59.3 Å². The van der Waals surface area contributed by atoms with Crippen LogP contribution in [0.25, 0.3) is 22.0 Å². The topological polar surface area (TPSA) is 108 Å². The Balaban J connectivity index is 1.32. The van der Waals surface area contributed by atoms with E-state index in [0.29, 0.717) is 17.9 Å². The molecule has 0 aliphatic carbocycles. The Hall–Kier alpha value is -4.39. The van der Waals surface area contributed by atoms with Crippen molar-refractivity contribution in [2.75, 3.05) is 13.1 Å². The van der Waals surface area contributed by atoms with Gasteiger partial charge in [0.15, 0.2) is 0 Å². The third-order valence-corrected chi connectivity index (χ3v) is 7.00. The van der Waals surface area contributed by atoms with Crippen LogP contribution in [0.5, 0.6) is 5.75 Å². The molecule has 7 nitrogen and oxygen atoms in total. The summed E-state index contributed by atoms with van der Waals surface area (Å²) in [6.45, 7) is 3.99. The third-order valence-electron chi connectivity index (χ3n) is 7.00. The maximum absolute atomic E-state index is 12.8. The first-order valence-corrected chi connectivity index (χ1v) is 12.5. The maximum atomic E-state index is 12.8. The number of pyridine rings is 1. The number of ether oxygens (including phenoxy) is 1. The Bertz CT molecular complexity index is 1500. The smallest absolute Gasteiger partial charge is 0.251 e. The summed E-state index contributed by atoms with van der Waals surface area (Å²) >= 11 is 0. The Kier molecular flexibility index (Phi) is 6.77. The van der Waals surface area contributed by atoms with E-state index in [2.05, 4.69) is 4.90 Å². The fourth-order valence-electron chi connectivity index (χ4n) is 4.85. The summed E-state index contributed by atoms with van der Waals surface area (Å²) in [7, 11) is 0. The van der Waals surface area contributed by atoms with Gasteiger partial charge in [0.25, 0.3) is 5.56 Å². The van der Waals surface area contributed by atoms with Gasteiger partial charge in [0.05, 0.1) is 17.9 Å². The number of fused-ring (bicyclic) bond motifs is 1. The van der Waals surface area contributed by atoms with Crippen LogP contribution in [0.1, 0.15) is 30.9 Å². The lowest BCUT2D eigenvalue weighted by Gasteiger charge is -2.32. The fourth-order valence-corrected chi connectivity index (χ4v) is 4.85. The number of nitrogens with one attached hydrogen (secondary N) is 2. The van der Waals surface area contributed by atoms with Crippen molar-refractivity contribution in [2.24, 2.45) is 5.73 Å². The van der Waals surface area contributed by atoms with Crippen LogP contribution >= 0.6 is 0 Å². The second-order valence-corrected chi connectivity index (χ2v) is 9.56. The molecule has 4 aromatic rings. The van der Waals surface area contributed by atoms with Crippen LogP contribution in [0, 0.1) is 10.8 Å². The van der Waals surface area contributed by atoms with Gasteiger partial charge in [-0.3, -0.25) is 15.6 Å². The molecule has 188 valence electrons. The van der Waals surface area contributed by atoms with Gasteiger partial charge in [0.1, 0.15) is 17.7 Å². The molecule has 1 fully saturated rings. The number of amidine groups is 2. The molecule has 7 heteroatoms. The summed E-state index contributed by atoms with van der Waals surface area (Å²) < 4.78 is 8.05. The number of piperidine rings is 1. The van der Waals surface area contributed by atoms with Crippen molar-refractivity contribution in [1.82, 2.24) is 9.47 Å². The van der Waals surface area contributed by atoms with Crippen LogP contribution in [-0.2, 0) is 6.54 Å². The molecule has 1 aromatic heterocycles. The average Bonchev–Trinajstić information content (AvgIpc) is 2.91. The summed E-state index contributed by atoms with van der Waals surface area (Å²) in [5.74, 6) is 1.48. The van der Waals surface area contributed by atoms with E-state index in [9.17, 15) is 4.79 Å². The SMILES string of the molecule is CC(=N)N1CCC(Oc2ccc3c(ccc(=O)n3Cc3ccc(-c4ccc(C(=N)N)cc4)cc3)c2)CC1. The van der Waals surface area contributed by atoms with Gasteiger partial charge >= 0.3 is 0 Å². The molecule has 37 heavy (non-hydrogen) atoms. The molecule has 1 aliphatic heterocycles. The van der Waals surface area contributed by atoms with E-state index >= 15 is 0 Å². The molecule has 0 saturated carbocycles. The first kappa shape index (κ1) is 24.3. The number of nitrogen functional groups attached to an aromatic ring is 1. The number of benzene rings is 3. The van der Waals surface area contributed by atoms with Crippen LogP contribution in [0.2, 0.25) is 0 Å². The third kappa shape index (κ3) is 5.40. The van der Waals surface area contributed by atoms with Gasteiger partial charge < -0.3 is 19.9 Å². The number of rotatable bonds is 6. The molecule has 5 rings (SSSR count). The predicted octanol–water partition coefficient (Wildman–Crippen LogP) is 4.84. The highest BCUT2D eigenvalue weighted by molar-refractivity contribution is 5.95. The van der Waals surface area contributed by atoms with E-state index < -0.39 is 0 Å². The van der Waals surface area contributed by atoms with Gasteiger partial charge in [0, 0.05) is 42.9 Å². The molecule has 0 amide bonds. The standard InChI is InChI=1S/C30H31N5O2/c1-20(31)34-16-14-26(15-17-34)37-27-11-12-28-25(18-27)10-13-29(36)35(28)19-21-2-4-22(5-3-21)23-6-8-24(9-7-23)30(32)33/h2-13,18,26,31H,14-17,19H2,1H3,(H3,32,33). The maximum Gasteiger partial charge on any atom is 0.251 e. The molecule has 2 heterocycles. The molecular formula is C30H31N5O2. The number of nitrogens with two attached hydrogens (primary N) is 1. The lowest BCUT2D eigenvalue weighted by molar-refractivity contribution is 0.130. The normalized spacial score (nSPS) is 14.0. The van der Waals surface area contributed by atoms with E-state index in [-0.39, 0.29) is 17.5 Å². The van der Waals surface area contributed by atoms with Crippen molar-refractivity contribution in [3.8, 4) is 16.9 Å². The second kappa shape index (κ2) is 10.3. The Morgan fingerprint density at radius 1 is 0.919 bits per heavy atom. The van der Waals surface area contributed by atoms with Crippen LogP contribution in [-0.4, -0.2) is 40.3 Å². The highest BCUT2D eigenvalue weighted by Gasteiger charge is 2.21. The van der Waals surface area contributed by atoms with E-state index in [1.165, 1.54) is 0 Å². The van der Waals surface area contributed by atoms with E-state index in [4.69, 9.17) is 21.3 Å². The zero-order valence-electron chi connectivity index (χ0n) is 20.9. The Labute approximate surface area is 216 Å². The van der Waals surface area contributed by atoms with Crippen LogP contribution in [0.15, 0.2) is 83.7 Å². The molecule has 4 N–H and O–H groups in total. The minimum absolute atomic E-state index is 0.0422. The van der Waals surface area contributed by atoms with Crippen LogP contribution in [0.4, 0.5) is 0 Å². The first-order chi connectivity index (χ1) is 17.9. The monoisotopic (exact) mass is 493 g/mol. The minimum atomic E-state index is -0.0422. The quantitative estimate of drug-likeness (QED) is 0.264. The van der Waals surface area contributed by atoms with Gasteiger partial charge in [-0.1, -0.05) is 48.5 Å². The summed E-state index contributed by atoms with van der Waals surface area (Å²) in [4.78, 5) is 14.9. The lowest BCUT2D eigenvalue weighted by atomic mass is 10.0. The van der Waals surface area contributed by atoms with Gasteiger partial charge in [-0.2, -0.15) is 0 Å². The van der Waals surface area contributed by atoms with Crippen LogP contribution < -0.4 is 16.0 Å². The highest BCUT2D eigenvalue weighted by atomic mass is 16.5. The highest BCUT2D eigenvalue weighted by Crippen LogP contribution is 2.25. The van der Waals surface area contributed by atoms with Crippen molar-refractivity contribution in [3.05, 3.63) is 100 Å². The van der Waals surface area contributed by atoms with E-state index in [1.807, 2.05) is 79.7 Å². The molecule has 1 aliphatic rings.